The monoisotopic (exact) mass is 144 g/mol. The third kappa shape index (κ3) is 0.779. The predicted molar refractivity (Wildman–Crippen MR) is 34.4 cm³/mol. The van der Waals surface area contributed by atoms with Crippen LogP contribution in [-0.2, 0) is 9.47 Å². The molecule has 58 valence electrons. The van der Waals surface area contributed by atoms with E-state index in [1.54, 1.807) is 0 Å². The fourth-order valence-corrected chi connectivity index (χ4v) is 1.69. The fourth-order valence-electron chi connectivity index (χ4n) is 1.69. The second-order valence-corrected chi connectivity index (χ2v) is 3.02. The molecule has 2 heterocycles. The number of aliphatic hydroxyl groups excluding tert-OH is 1. The van der Waals surface area contributed by atoms with Gasteiger partial charge in [0.2, 0.25) is 0 Å². The molecule has 2 aliphatic rings. The lowest BCUT2D eigenvalue weighted by Gasteiger charge is -2.09. The summed E-state index contributed by atoms with van der Waals surface area (Å²) in [4.78, 5) is 0. The summed E-state index contributed by atoms with van der Waals surface area (Å²) >= 11 is 0. The average Bonchev–Trinajstić information content (AvgIpc) is 2.41. The molecule has 0 aromatic rings. The van der Waals surface area contributed by atoms with Gasteiger partial charge in [-0.3, -0.25) is 0 Å². The number of fused-ring (bicyclic) bond motifs is 1. The Hall–Kier alpha value is -0.120. The maximum atomic E-state index is 9.46. The molecule has 0 saturated carbocycles. The van der Waals surface area contributed by atoms with E-state index in [4.69, 9.17) is 9.47 Å². The number of hydrogen-bond acceptors (Lipinski definition) is 3. The van der Waals surface area contributed by atoms with Crippen molar-refractivity contribution in [1.29, 1.82) is 0 Å². The summed E-state index contributed by atoms with van der Waals surface area (Å²) in [6.07, 6.45) is 0.462. The fraction of sp³-hybridized carbons (Fsp3) is 1.00. The zero-order valence-corrected chi connectivity index (χ0v) is 5.99. The molecule has 0 spiro atoms. The van der Waals surface area contributed by atoms with Gasteiger partial charge in [-0.05, 0) is 13.3 Å². The molecule has 1 N–H and O–H groups in total. The molecule has 1 unspecified atom stereocenters. The smallest absolute Gasteiger partial charge is 0.163 e. The van der Waals surface area contributed by atoms with Crippen LogP contribution in [0.5, 0.6) is 0 Å². The SMILES string of the molecule is CC1O[C@H]2OCC[C@H]2[C@H]1O. The van der Waals surface area contributed by atoms with Crippen molar-refractivity contribution in [2.75, 3.05) is 6.61 Å². The zero-order valence-electron chi connectivity index (χ0n) is 5.99. The van der Waals surface area contributed by atoms with E-state index in [1.165, 1.54) is 0 Å². The van der Waals surface area contributed by atoms with Gasteiger partial charge in [-0.1, -0.05) is 0 Å². The number of aliphatic hydroxyl groups is 1. The molecule has 4 atom stereocenters. The molecule has 0 aromatic carbocycles. The molecule has 2 fully saturated rings. The molecule has 2 saturated heterocycles. The normalized spacial score (nSPS) is 53.4. The Balaban J connectivity index is 2.09. The minimum Gasteiger partial charge on any atom is -0.390 e. The first kappa shape index (κ1) is 6.58. The van der Waals surface area contributed by atoms with Crippen molar-refractivity contribution in [3.63, 3.8) is 0 Å². The van der Waals surface area contributed by atoms with Gasteiger partial charge in [0, 0.05) is 5.92 Å². The summed E-state index contributed by atoms with van der Waals surface area (Å²) in [7, 11) is 0. The van der Waals surface area contributed by atoms with Crippen LogP contribution in [0.25, 0.3) is 0 Å². The average molecular weight is 144 g/mol. The van der Waals surface area contributed by atoms with E-state index in [1.807, 2.05) is 6.92 Å². The minimum atomic E-state index is -0.313. The molecule has 0 amide bonds. The van der Waals surface area contributed by atoms with Gasteiger partial charge in [0.05, 0.1) is 18.8 Å². The molecule has 0 aromatic heterocycles. The molecule has 3 nitrogen and oxygen atoms in total. The van der Waals surface area contributed by atoms with Gasteiger partial charge in [0.1, 0.15) is 0 Å². The maximum absolute atomic E-state index is 9.46. The summed E-state index contributed by atoms with van der Waals surface area (Å²) in [6.45, 7) is 2.62. The van der Waals surface area contributed by atoms with Gasteiger partial charge in [-0.2, -0.15) is 0 Å². The first-order valence-corrected chi connectivity index (χ1v) is 3.74. The van der Waals surface area contributed by atoms with E-state index in [-0.39, 0.29) is 24.4 Å². The first-order valence-electron chi connectivity index (χ1n) is 3.74. The topological polar surface area (TPSA) is 38.7 Å². The van der Waals surface area contributed by atoms with Gasteiger partial charge >= 0.3 is 0 Å². The standard InChI is InChI=1S/C7H12O3/c1-4-6(8)5-2-3-9-7(5)10-4/h4-8H,2-3H2,1H3/t4?,5-,6-,7+/m0/s1. The Kier molecular flexibility index (Phi) is 1.44. The van der Waals surface area contributed by atoms with Crippen LogP contribution >= 0.6 is 0 Å². The van der Waals surface area contributed by atoms with E-state index in [2.05, 4.69) is 0 Å². The van der Waals surface area contributed by atoms with E-state index in [9.17, 15) is 5.11 Å². The van der Waals surface area contributed by atoms with Gasteiger partial charge in [0.15, 0.2) is 6.29 Å². The van der Waals surface area contributed by atoms with Crippen LogP contribution in [0.3, 0.4) is 0 Å². The number of ether oxygens (including phenoxy) is 2. The summed E-state index contributed by atoms with van der Waals surface area (Å²) in [5.41, 5.74) is 0. The van der Waals surface area contributed by atoms with Crippen molar-refractivity contribution in [3.05, 3.63) is 0 Å². The minimum absolute atomic E-state index is 0.0460. The molecule has 0 radical (unpaired) electrons. The van der Waals surface area contributed by atoms with Crippen LogP contribution in [-0.4, -0.2) is 30.2 Å². The Labute approximate surface area is 59.9 Å². The second kappa shape index (κ2) is 2.19. The predicted octanol–water partition coefficient (Wildman–Crippen LogP) is 0.129. The molecular weight excluding hydrogens is 132 g/mol. The molecule has 10 heavy (non-hydrogen) atoms. The molecule has 2 aliphatic heterocycles. The van der Waals surface area contributed by atoms with Crippen molar-refractivity contribution in [2.24, 2.45) is 5.92 Å². The van der Waals surface area contributed by atoms with Crippen LogP contribution < -0.4 is 0 Å². The Morgan fingerprint density at radius 1 is 1.50 bits per heavy atom. The van der Waals surface area contributed by atoms with Gasteiger partial charge in [-0.25, -0.2) is 0 Å². The van der Waals surface area contributed by atoms with Crippen LogP contribution in [0.15, 0.2) is 0 Å². The quantitative estimate of drug-likeness (QED) is 0.525. The summed E-state index contributed by atoms with van der Waals surface area (Å²) in [5.74, 6) is 0.231. The summed E-state index contributed by atoms with van der Waals surface area (Å²) < 4.78 is 10.6. The molecule has 3 heteroatoms. The van der Waals surface area contributed by atoms with Crippen molar-refractivity contribution in [3.8, 4) is 0 Å². The highest BCUT2D eigenvalue weighted by Gasteiger charge is 2.44. The molecule has 2 rings (SSSR count). The van der Waals surface area contributed by atoms with Crippen molar-refractivity contribution < 1.29 is 14.6 Å². The van der Waals surface area contributed by atoms with Crippen LogP contribution in [0, 0.1) is 5.92 Å². The van der Waals surface area contributed by atoms with E-state index >= 15 is 0 Å². The largest absolute Gasteiger partial charge is 0.390 e. The highest BCUT2D eigenvalue weighted by molar-refractivity contribution is 4.87. The first-order chi connectivity index (χ1) is 4.79. The Bertz CT molecular complexity index is 135. The number of hydrogen-bond donors (Lipinski definition) is 1. The molecule has 0 bridgehead atoms. The van der Waals surface area contributed by atoms with Gasteiger partial charge < -0.3 is 14.6 Å². The van der Waals surface area contributed by atoms with Crippen molar-refractivity contribution >= 4 is 0 Å². The van der Waals surface area contributed by atoms with E-state index in [0.717, 1.165) is 13.0 Å². The molecule has 0 aliphatic carbocycles. The van der Waals surface area contributed by atoms with Crippen molar-refractivity contribution in [1.82, 2.24) is 0 Å². The lowest BCUT2D eigenvalue weighted by atomic mass is 10.0. The lowest BCUT2D eigenvalue weighted by molar-refractivity contribution is -0.114. The molecular formula is C7H12O3. The summed E-state index contributed by atoms with van der Waals surface area (Å²) in [5, 5.41) is 9.46. The summed E-state index contributed by atoms with van der Waals surface area (Å²) in [6, 6.07) is 0. The second-order valence-electron chi connectivity index (χ2n) is 3.02. The third-order valence-corrected chi connectivity index (χ3v) is 2.35. The van der Waals surface area contributed by atoms with Crippen LogP contribution in [0.4, 0.5) is 0 Å². The zero-order chi connectivity index (χ0) is 7.14. The highest BCUT2D eigenvalue weighted by atomic mass is 16.7. The Morgan fingerprint density at radius 2 is 2.30 bits per heavy atom. The third-order valence-electron chi connectivity index (χ3n) is 2.35. The van der Waals surface area contributed by atoms with E-state index in [0.29, 0.717) is 0 Å². The van der Waals surface area contributed by atoms with E-state index < -0.39 is 0 Å². The van der Waals surface area contributed by atoms with Crippen LogP contribution in [0.1, 0.15) is 13.3 Å². The lowest BCUT2D eigenvalue weighted by Crippen LogP contribution is -2.23. The van der Waals surface area contributed by atoms with Gasteiger partial charge in [0.25, 0.3) is 0 Å². The van der Waals surface area contributed by atoms with Crippen molar-refractivity contribution in [2.45, 2.75) is 31.8 Å². The maximum Gasteiger partial charge on any atom is 0.163 e. The number of rotatable bonds is 0. The van der Waals surface area contributed by atoms with Crippen LogP contribution in [0.2, 0.25) is 0 Å². The highest BCUT2D eigenvalue weighted by Crippen LogP contribution is 2.34. The van der Waals surface area contributed by atoms with Gasteiger partial charge in [-0.15, -0.1) is 0 Å². The Morgan fingerprint density at radius 3 is 3.00 bits per heavy atom.